The molecule has 0 N–H and O–H groups in total. The van der Waals surface area contributed by atoms with Gasteiger partial charge in [-0.3, -0.25) is 0 Å². The van der Waals surface area contributed by atoms with Gasteiger partial charge in [-0.15, -0.1) is 0 Å². The maximum Gasteiger partial charge on any atom is 0.0832 e. The van der Waals surface area contributed by atoms with Crippen LogP contribution < -0.4 is 0 Å². The standard InChI is InChI=1S/2Cl2O.2Zr/c2*1-3-2;;. The minimum atomic E-state index is 0. The summed E-state index contributed by atoms with van der Waals surface area (Å²) < 4.78 is 6.39. The summed E-state index contributed by atoms with van der Waals surface area (Å²) in [4.78, 5) is 0. The number of halogens is 4. The van der Waals surface area contributed by atoms with Gasteiger partial charge in [-0.1, -0.05) is 0 Å². The molecule has 2 nitrogen and oxygen atoms in total. The Morgan fingerprint density at radius 3 is 0.625 bits per heavy atom. The molecule has 48 valence electrons. The van der Waals surface area contributed by atoms with Gasteiger partial charge < -0.3 is 0 Å². The Bertz CT molecular complexity index is 14.0. The van der Waals surface area contributed by atoms with E-state index >= 15 is 0 Å². The van der Waals surface area contributed by atoms with Gasteiger partial charge in [0.25, 0.3) is 0 Å². The average molecular weight is 356 g/mol. The van der Waals surface area contributed by atoms with Crippen molar-refractivity contribution in [3.63, 3.8) is 0 Å². The van der Waals surface area contributed by atoms with Crippen LogP contribution in [0.2, 0.25) is 0 Å². The van der Waals surface area contributed by atoms with Gasteiger partial charge in [0, 0.05) is 52.4 Å². The molecule has 0 radical (unpaired) electrons. The van der Waals surface area contributed by atoms with Crippen LogP contribution in [0.15, 0.2) is 0 Å². The molecule has 0 fully saturated rings. The van der Waals surface area contributed by atoms with Crippen LogP contribution in [0.5, 0.6) is 0 Å². The van der Waals surface area contributed by atoms with Crippen LogP contribution >= 0.6 is 47.5 Å². The monoisotopic (exact) mass is 352 g/mol. The van der Waals surface area contributed by atoms with E-state index in [0.29, 0.717) is 0 Å². The number of hydrogen-bond donors (Lipinski definition) is 0. The molecule has 8 heavy (non-hydrogen) atoms. The maximum absolute atomic E-state index is 4.26. The molecule has 0 saturated heterocycles. The zero-order valence-corrected chi connectivity index (χ0v) is 11.3. The fourth-order valence-corrected chi connectivity index (χ4v) is 0. The molecule has 0 aromatic rings. The summed E-state index contributed by atoms with van der Waals surface area (Å²) in [6, 6.07) is 0. The van der Waals surface area contributed by atoms with Gasteiger partial charge in [-0.05, 0) is 0 Å². The van der Waals surface area contributed by atoms with Gasteiger partial charge in [-0.25, -0.2) is 0 Å². The summed E-state index contributed by atoms with van der Waals surface area (Å²) in [5.74, 6) is 0. The predicted molar refractivity (Wildman–Crippen MR) is 25.6 cm³/mol. The Balaban J connectivity index is -0.0000000160. The van der Waals surface area contributed by atoms with Gasteiger partial charge in [-0.2, -0.15) is 7.68 Å². The first-order valence-corrected chi connectivity index (χ1v) is 1.85. The van der Waals surface area contributed by atoms with E-state index in [1.807, 2.05) is 0 Å². The zero-order chi connectivity index (χ0) is 5.41. The first-order chi connectivity index (χ1) is 2.83. The third-order valence-corrected chi connectivity index (χ3v) is 0. The van der Waals surface area contributed by atoms with Crippen LogP contribution in [0.4, 0.5) is 0 Å². The molecule has 0 atom stereocenters. The SMILES string of the molecule is ClOCl.ClOCl.[Zr].[Zr]. The van der Waals surface area contributed by atoms with Crippen molar-refractivity contribution in [3.8, 4) is 0 Å². The second-order valence-electron chi connectivity index (χ2n) is 0.117. The van der Waals surface area contributed by atoms with Crippen LogP contribution in [0.1, 0.15) is 0 Å². The molecular weight excluding hydrogens is 356 g/mol. The van der Waals surface area contributed by atoms with Crippen molar-refractivity contribution in [2.45, 2.75) is 0 Å². The molecule has 0 aromatic carbocycles. The van der Waals surface area contributed by atoms with Crippen molar-refractivity contribution in [2.24, 2.45) is 0 Å². The minimum Gasteiger partial charge on any atom is -0.166 e. The molecule has 0 aliphatic heterocycles. The van der Waals surface area contributed by atoms with E-state index in [2.05, 4.69) is 55.1 Å². The van der Waals surface area contributed by atoms with E-state index < -0.39 is 0 Å². The summed E-state index contributed by atoms with van der Waals surface area (Å²) in [5.41, 5.74) is 0. The van der Waals surface area contributed by atoms with Crippen molar-refractivity contribution in [1.29, 1.82) is 0 Å². The fourth-order valence-electron chi connectivity index (χ4n) is 0. The predicted octanol–water partition coefficient (Wildman–Crippen LogP) is 2.62. The topological polar surface area (TPSA) is 18.5 Å². The molecule has 0 aliphatic rings. The number of rotatable bonds is 0. The molecule has 0 unspecified atom stereocenters. The smallest absolute Gasteiger partial charge is 0.0832 e. The van der Waals surface area contributed by atoms with Crippen molar-refractivity contribution >= 4 is 47.5 Å². The maximum atomic E-state index is 4.26. The fraction of sp³-hybridized carbons (Fsp3) is 0. The van der Waals surface area contributed by atoms with E-state index in [1.54, 1.807) is 0 Å². The van der Waals surface area contributed by atoms with Crippen LogP contribution in [0, 0.1) is 0 Å². The summed E-state index contributed by atoms with van der Waals surface area (Å²) >= 11 is 17.1. The van der Waals surface area contributed by atoms with Crippen molar-refractivity contribution < 1.29 is 60.1 Å². The molecule has 0 bridgehead atoms. The van der Waals surface area contributed by atoms with E-state index in [0.717, 1.165) is 0 Å². The summed E-state index contributed by atoms with van der Waals surface area (Å²) in [5, 5.41) is 0. The Morgan fingerprint density at radius 1 is 0.625 bits per heavy atom. The molecule has 8 heteroatoms. The van der Waals surface area contributed by atoms with E-state index in [1.165, 1.54) is 0 Å². The van der Waals surface area contributed by atoms with E-state index in [9.17, 15) is 0 Å². The van der Waals surface area contributed by atoms with Crippen molar-refractivity contribution in [2.75, 3.05) is 0 Å². The average Bonchev–Trinajstić information content (AvgIpc) is 1.39. The first kappa shape index (κ1) is 22.4. The van der Waals surface area contributed by atoms with Gasteiger partial charge in [0.15, 0.2) is 0 Å². The van der Waals surface area contributed by atoms with Crippen molar-refractivity contribution in [1.82, 2.24) is 0 Å². The molecule has 0 spiro atoms. The van der Waals surface area contributed by atoms with Gasteiger partial charge in [0.2, 0.25) is 0 Å². The van der Waals surface area contributed by atoms with Crippen molar-refractivity contribution in [3.05, 3.63) is 0 Å². The normalized spacial score (nSPS) is 4.50. The van der Waals surface area contributed by atoms with E-state index in [4.69, 9.17) is 0 Å². The summed E-state index contributed by atoms with van der Waals surface area (Å²) in [6.07, 6.45) is 0. The summed E-state index contributed by atoms with van der Waals surface area (Å²) in [6.45, 7) is 0. The molecule has 0 saturated carbocycles. The zero-order valence-electron chi connectivity index (χ0n) is 3.33. The van der Waals surface area contributed by atoms with Crippen LogP contribution in [-0.4, -0.2) is 0 Å². The third-order valence-electron chi connectivity index (χ3n) is 0. The molecule has 0 aliphatic carbocycles. The minimum absolute atomic E-state index is 0. The largest absolute Gasteiger partial charge is 0.166 e. The Labute approximate surface area is 106 Å². The second-order valence-corrected chi connectivity index (χ2v) is 1.05. The van der Waals surface area contributed by atoms with Crippen LogP contribution in [-0.2, 0) is 60.1 Å². The van der Waals surface area contributed by atoms with Crippen LogP contribution in [0.25, 0.3) is 0 Å². The van der Waals surface area contributed by atoms with Gasteiger partial charge in [0.1, 0.15) is 0 Å². The molecular formula is Cl4O2Zr2. The quantitative estimate of drug-likeness (QED) is 0.664. The third kappa shape index (κ3) is 67.2. The van der Waals surface area contributed by atoms with Gasteiger partial charge in [0.05, 0.1) is 47.5 Å². The Morgan fingerprint density at radius 2 is 0.625 bits per heavy atom. The summed E-state index contributed by atoms with van der Waals surface area (Å²) in [7, 11) is 0. The molecule has 0 rings (SSSR count). The molecule has 0 heterocycles. The first-order valence-electron chi connectivity index (χ1n) is 0.617. The van der Waals surface area contributed by atoms with E-state index in [-0.39, 0.29) is 52.4 Å². The Hall–Kier alpha value is 2.85. The van der Waals surface area contributed by atoms with Crippen LogP contribution in [0.3, 0.4) is 0 Å². The molecule has 0 aromatic heterocycles. The Kier molecular flexibility index (Phi) is 92.0. The second kappa shape index (κ2) is 32.8. The molecule has 0 amide bonds. The number of hydrogen-bond acceptors (Lipinski definition) is 2. The van der Waals surface area contributed by atoms with Gasteiger partial charge >= 0.3 is 0 Å².